The van der Waals surface area contributed by atoms with Crippen LogP contribution >= 0.6 is 0 Å². The highest BCUT2D eigenvalue weighted by Gasteiger charge is 2.34. The number of carboxylic acids is 1. The average molecular weight is 474 g/mol. The first-order chi connectivity index (χ1) is 15.3. The zero-order chi connectivity index (χ0) is 25.7. The van der Waals surface area contributed by atoms with Crippen molar-refractivity contribution in [3.8, 4) is 0 Å². The number of amides is 3. The summed E-state index contributed by atoms with van der Waals surface area (Å²) < 4.78 is 0. The monoisotopic (exact) mass is 473 g/mol. The maximum absolute atomic E-state index is 12.9. The fraction of sp³-hybridized carbons (Fsp3) is 0.818. The number of carboxylic acid groups (broad SMARTS) is 1. The quantitative estimate of drug-likeness (QED) is 0.145. The lowest BCUT2D eigenvalue weighted by Gasteiger charge is -2.28. The summed E-state index contributed by atoms with van der Waals surface area (Å²) in [5.74, 6) is -3.50. The molecule has 6 atom stereocenters. The Labute approximate surface area is 196 Å². The number of carbonyl (C=O) groups is 4. The van der Waals surface area contributed by atoms with Crippen molar-refractivity contribution in [2.45, 2.75) is 97.0 Å². The summed E-state index contributed by atoms with van der Waals surface area (Å²) in [5, 5.41) is 27.0. The van der Waals surface area contributed by atoms with Crippen LogP contribution in [-0.2, 0) is 19.2 Å². The molecule has 0 aromatic heterocycles. The third-order valence-corrected chi connectivity index (χ3v) is 5.49. The van der Waals surface area contributed by atoms with E-state index >= 15 is 0 Å². The van der Waals surface area contributed by atoms with Crippen LogP contribution in [0.2, 0.25) is 0 Å². The molecule has 192 valence electrons. The molecule has 33 heavy (non-hydrogen) atoms. The largest absolute Gasteiger partial charge is 0.480 e. The van der Waals surface area contributed by atoms with Crippen molar-refractivity contribution >= 4 is 23.7 Å². The molecule has 3 amide bonds. The van der Waals surface area contributed by atoms with E-state index in [1.807, 2.05) is 13.8 Å². The topological polar surface area (TPSA) is 197 Å². The van der Waals surface area contributed by atoms with Gasteiger partial charge < -0.3 is 37.6 Å². The Hall–Kier alpha value is -2.24. The minimum absolute atomic E-state index is 0.0372. The van der Waals surface area contributed by atoms with Crippen molar-refractivity contribution in [1.82, 2.24) is 16.0 Å². The number of nitrogens with two attached hydrogens (primary N) is 2. The lowest BCUT2D eigenvalue weighted by molar-refractivity contribution is -0.144. The SMILES string of the molecule is CCC(C)C(NC(=O)C(NC(=O)C(CC(C)C)NC(=O)C(N)CCCCN)C(C)O)C(=O)O. The number of nitrogens with one attached hydrogen (secondary N) is 3. The Morgan fingerprint density at radius 1 is 0.879 bits per heavy atom. The minimum atomic E-state index is -1.40. The van der Waals surface area contributed by atoms with Gasteiger partial charge in [-0.3, -0.25) is 14.4 Å². The van der Waals surface area contributed by atoms with Crippen LogP contribution in [0.15, 0.2) is 0 Å². The smallest absolute Gasteiger partial charge is 0.326 e. The molecule has 0 aliphatic rings. The molecule has 0 aromatic rings. The molecule has 0 heterocycles. The van der Waals surface area contributed by atoms with Crippen LogP contribution in [0.25, 0.3) is 0 Å². The van der Waals surface area contributed by atoms with Gasteiger partial charge in [0.1, 0.15) is 18.1 Å². The first-order valence-electron chi connectivity index (χ1n) is 11.6. The first kappa shape index (κ1) is 30.8. The van der Waals surface area contributed by atoms with Gasteiger partial charge in [0.25, 0.3) is 0 Å². The highest BCUT2D eigenvalue weighted by Crippen LogP contribution is 2.10. The van der Waals surface area contributed by atoms with Crippen molar-refractivity contribution in [1.29, 1.82) is 0 Å². The summed E-state index contributed by atoms with van der Waals surface area (Å²) in [4.78, 5) is 49.6. The maximum atomic E-state index is 12.9. The summed E-state index contributed by atoms with van der Waals surface area (Å²) in [6.45, 7) is 9.02. The van der Waals surface area contributed by atoms with Crippen LogP contribution in [0.1, 0.15) is 66.7 Å². The molecule has 0 radical (unpaired) electrons. The molecule has 11 heteroatoms. The van der Waals surface area contributed by atoms with Gasteiger partial charge in [-0.1, -0.05) is 40.5 Å². The van der Waals surface area contributed by atoms with Crippen LogP contribution < -0.4 is 27.4 Å². The molecule has 9 N–H and O–H groups in total. The van der Waals surface area contributed by atoms with Crippen LogP contribution in [-0.4, -0.2) is 70.7 Å². The predicted octanol–water partition coefficient (Wildman–Crippen LogP) is -0.545. The van der Waals surface area contributed by atoms with E-state index in [0.29, 0.717) is 25.8 Å². The Kier molecular flexibility index (Phi) is 14.5. The number of rotatable bonds is 16. The number of aliphatic carboxylic acids is 1. The molecule has 0 fully saturated rings. The van der Waals surface area contributed by atoms with Crippen molar-refractivity contribution in [2.24, 2.45) is 23.3 Å². The first-order valence-corrected chi connectivity index (χ1v) is 11.6. The lowest BCUT2D eigenvalue weighted by atomic mass is 9.98. The standard InChI is InChI=1S/C22H43N5O6/c1-6-13(4)17(22(32)33)26-21(31)18(14(5)28)27-20(30)16(11-12(2)3)25-19(29)15(24)9-7-8-10-23/h12-18,28H,6-11,23-24H2,1-5H3,(H,25,29)(H,26,31)(H,27,30)(H,32,33). The van der Waals surface area contributed by atoms with Crippen molar-refractivity contribution < 1.29 is 29.4 Å². The second kappa shape index (κ2) is 15.6. The summed E-state index contributed by atoms with van der Waals surface area (Å²) >= 11 is 0. The molecule has 6 unspecified atom stereocenters. The normalized spacial score (nSPS) is 16.8. The van der Waals surface area contributed by atoms with Gasteiger partial charge in [0, 0.05) is 0 Å². The van der Waals surface area contributed by atoms with Gasteiger partial charge in [0.05, 0.1) is 12.1 Å². The molecule has 0 spiro atoms. The number of unbranched alkanes of at least 4 members (excludes halogenated alkanes) is 1. The number of aliphatic hydroxyl groups excluding tert-OH is 1. The predicted molar refractivity (Wildman–Crippen MR) is 125 cm³/mol. The Bertz CT molecular complexity index is 643. The van der Waals surface area contributed by atoms with E-state index in [2.05, 4.69) is 16.0 Å². The maximum Gasteiger partial charge on any atom is 0.326 e. The third kappa shape index (κ3) is 11.4. The fourth-order valence-electron chi connectivity index (χ4n) is 3.21. The van der Waals surface area contributed by atoms with E-state index in [9.17, 15) is 29.4 Å². The number of hydrogen-bond donors (Lipinski definition) is 7. The van der Waals surface area contributed by atoms with Gasteiger partial charge in [0.15, 0.2) is 0 Å². The molecule has 0 bridgehead atoms. The number of hydrogen-bond acceptors (Lipinski definition) is 7. The van der Waals surface area contributed by atoms with Crippen LogP contribution in [0.4, 0.5) is 0 Å². The van der Waals surface area contributed by atoms with Gasteiger partial charge in [0.2, 0.25) is 17.7 Å². The van der Waals surface area contributed by atoms with Crippen LogP contribution in [0, 0.1) is 11.8 Å². The van der Waals surface area contributed by atoms with E-state index in [1.165, 1.54) is 6.92 Å². The molecular weight excluding hydrogens is 430 g/mol. The summed E-state index contributed by atoms with van der Waals surface area (Å²) in [5.41, 5.74) is 11.4. The van der Waals surface area contributed by atoms with E-state index in [0.717, 1.165) is 6.42 Å². The Balaban J connectivity index is 5.38. The van der Waals surface area contributed by atoms with Gasteiger partial charge >= 0.3 is 5.97 Å². The molecule has 0 aromatic carbocycles. The highest BCUT2D eigenvalue weighted by atomic mass is 16.4. The summed E-state index contributed by atoms with van der Waals surface area (Å²) in [6.07, 6.45) is 1.33. The van der Waals surface area contributed by atoms with E-state index in [-0.39, 0.29) is 18.3 Å². The van der Waals surface area contributed by atoms with E-state index in [1.54, 1.807) is 13.8 Å². The molecular formula is C22H43N5O6. The third-order valence-electron chi connectivity index (χ3n) is 5.49. The van der Waals surface area contributed by atoms with Gasteiger partial charge in [-0.2, -0.15) is 0 Å². The van der Waals surface area contributed by atoms with Crippen LogP contribution in [0.3, 0.4) is 0 Å². The molecule has 0 saturated carbocycles. The molecule has 0 aliphatic heterocycles. The van der Waals surface area contributed by atoms with Crippen molar-refractivity contribution in [3.63, 3.8) is 0 Å². The Morgan fingerprint density at radius 2 is 1.45 bits per heavy atom. The number of carbonyl (C=O) groups excluding carboxylic acids is 3. The van der Waals surface area contributed by atoms with Crippen molar-refractivity contribution in [2.75, 3.05) is 6.54 Å². The van der Waals surface area contributed by atoms with Crippen molar-refractivity contribution in [3.05, 3.63) is 0 Å². The fourth-order valence-corrected chi connectivity index (χ4v) is 3.21. The highest BCUT2D eigenvalue weighted by molar-refractivity contribution is 5.94. The molecule has 11 nitrogen and oxygen atoms in total. The summed E-state index contributed by atoms with van der Waals surface area (Å²) in [7, 11) is 0. The average Bonchev–Trinajstić information content (AvgIpc) is 2.73. The molecule has 0 rings (SSSR count). The minimum Gasteiger partial charge on any atom is -0.480 e. The molecule has 0 saturated heterocycles. The Morgan fingerprint density at radius 3 is 1.91 bits per heavy atom. The molecule has 0 aliphatic carbocycles. The second-order valence-corrected chi connectivity index (χ2v) is 9.02. The zero-order valence-electron chi connectivity index (χ0n) is 20.5. The van der Waals surface area contributed by atoms with E-state index < -0.39 is 54.0 Å². The van der Waals surface area contributed by atoms with Gasteiger partial charge in [-0.15, -0.1) is 0 Å². The van der Waals surface area contributed by atoms with Gasteiger partial charge in [-0.05, 0) is 44.6 Å². The van der Waals surface area contributed by atoms with Crippen LogP contribution in [0.5, 0.6) is 0 Å². The van der Waals surface area contributed by atoms with Gasteiger partial charge in [-0.25, -0.2) is 4.79 Å². The summed E-state index contributed by atoms with van der Waals surface area (Å²) in [6, 6.07) is -4.34. The lowest BCUT2D eigenvalue weighted by Crippen LogP contribution is -2.60. The zero-order valence-corrected chi connectivity index (χ0v) is 20.5. The second-order valence-electron chi connectivity index (χ2n) is 9.02. The van der Waals surface area contributed by atoms with E-state index in [4.69, 9.17) is 11.5 Å². The number of aliphatic hydroxyl groups is 1.